The molecule has 1 aliphatic rings. The Kier molecular flexibility index (Phi) is 5.64. The van der Waals surface area contributed by atoms with Gasteiger partial charge in [-0.25, -0.2) is 8.42 Å². The first kappa shape index (κ1) is 19.8. The predicted octanol–water partition coefficient (Wildman–Crippen LogP) is 2.50. The number of anilines is 2. The van der Waals surface area contributed by atoms with Crippen molar-refractivity contribution in [3.63, 3.8) is 0 Å². The minimum Gasteiger partial charge on any atom is -0.496 e. The average Bonchev–Trinajstić information content (AvgIpc) is 3.06. The molecule has 0 saturated carbocycles. The molecule has 1 heterocycles. The normalized spacial score (nSPS) is 15.2. The summed E-state index contributed by atoms with van der Waals surface area (Å²) in [5, 5.41) is 2.77. The van der Waals surface area contributed by atoms with Gasteiger partial charge in [-0.15, -0.1) is 0 Å². The molecule has 9 heteroatoms. The van der Waals surface area contributed by atoms with Gasteiger partial charge in [-0.3, -0.25) is 9.10 Å². The molecule has 8 nitrogen and oxygen atoms in total. The summed E-state index contributed by atoms with van der Waals surface area (Å²) in [6.45, 7) is 0.405. The maximum absolute atomic E-state index is 12.9. The second-order valence-corrected chi connectivity index (χ2v) is 8.13. The fourth-order valence-electron chi connectivity index (χ4n) is 3.14. The molecule has 2 aromatic carbocycles. The van der Waals surface area contributed by atoms with E-state index in [0.717, 1.165) is 0 Å². The molecule has 0 spiro atoms. The number of amides is 1. The SMILES string of the molecule is COc1ccc(N2CCCS2(=O)=O)cc1NC(=O)c1c(OC)cccc1OC. The van der Waals surface area contributed by atoms with Crippen LogP contribution in [0.3, 0.4) is 0 Å². The first-order valence-corrected chi connectivity index (χ1v) is 10.2. The van der Waals surface area contributed by atoms with Crippen LogP contribution in [0.5, 0.6) is 17.2 Å². The van der Waals surface area contributed by atoms with Gasteiger partial charge in [0, 0.05) is 6.54 Å². The van der Waals surface area contributed by atoms with Crippen LogP contribution in [-0.2, 0) is 10.0 Å². The van der Waals surface area contributed by atoms with Crippen molar-refractivity contribution >= 4 is 27.3 Å². The van der Waals surface area contributed by atoms with Crippen molar-refractivity contribution < 1.29 is 27.4 Å². The summed E-state index contributed by atoms with van der Waals surface area (Å²) in [7, 11) is 1.06. The molecule has 1 N–H and O–H groups in total. The molecule has 1 saturated heterocycles. The van der Waals surface area contributed by atoms with E-state index in [0.29, 0.717) is 41.6 Å². The van der Waals surface area contributed by atoms with Crippen molar-refractivity contribution in [2.75, 3.05) is 43.2 Å². The molecule has 0 aromatic heterocycles. The Morgan fingerprint density at radius 1 is 1.00 bits per heavy atom. The van der Waals surface area contributed by atoms with E-state index < -0.39 is 15.9 Å². The molecule has 3 rings (SSSR count). The Hall–Kier alpha value is -2.94. The summed E-state index contributed by atoms with van der Waals surface area (Å²) in [5.41, 5.74) is 1.05. The van der Waals surface area contributed by atoms with Crippen molar-refractivity contribution in [2.45, 2.75) is 6.42 Å². The largest absolute Gasteiger partial charge is 0.496 e. The Balaban J connectivity index is 1.98. The number of nitrogens with zero attached hydrogens (tertiary/aromatic N) is 1. The number of carbonyl (C=O) groups is 1. The highest BCUT2D eigenvalue weighted by atomic mass is 32.2. The number of carbonyl (C=O) groups excluding carboxylic acids is 1. The van der Waals surface area contributed by atoms with Crippen LogP contribution >= 0.6 is 0 Å². The van der Waals surface area contributed by atoms with Crippen LogP contribution in [0.25, 0.3) is 0 Å². The number of methoxy groups -OCH3 is 3. The van der Waals surface area contributed by atoms with E-state index in [4.69, 9.17) is 14.2 Å². The zero-order valence-electron chi connectivity index (χ0n) is 15.9. The molecule has 1 fully saturated rings. The second-order valence-electron chi connectivity index (χ2n) is 6.12. The lowest BCUT2D eigenvalue weighted by Crippen LogP contribution is -2.25. The van der Waals surface area contributed by atoms with Gasteiger partial charge in [-0.05, 0) is 36.8 Å². The molecular weight excluding hydrogens is 384 g/mol. The number of rotatable bonds is 6. The van der Waals surface area contributed by atoms with E-state index in [1.54, 1.807) is 36.4 Å². The molecule has 0 aliphatic carbocycles. The van der Waals surface area contributed by atoms with Gasteiger partial charge in [-0.1, -0.05) is 6.07 Å². The molecular formula is C19H22N2O6S. The zero-order chi connectivity index (χ0) is 20.3. The lowest BCUT2D eigenvalue weighted by molar-refractivity contribution is 0.102. The lowest BCUT2D eigenvalue weighted by Gasteiger charge is -2.20. The van der Waals surface area contributed by atoms with E-state index in [1.165, 1.54) is 25.6 Å². The van der Waals surface area contributed by atoms with Gasteiger partial charge in [0.15, 0.2) is 0 Å². The van der Waals surface area contributed by atoms with Crippen LogP contribution < -0.4 is 23.8 Å². The third kappa shape index (κ3) is 3.70. The Morgan fingerprint density at radius 2 is 1.64 bits per heavy atom. The third-order valence-electron chi connectivity index (χ3n) is 4.47. The Morgan fingerprint density at radius 3 is 2.18 bits per heavy atom. The van der Waals surface area contributed by atoms with Crippen molar-refractivity contribution in [1.82, 2.24) is 0 Å². The van der Waals surface area contributed by atoms with Crippen LogP contribution in [0.15, 0.2) is 36.4 Å². The summed E-state index contributed by atoms with van der Waals surface area (Å²) < 4.78 is 41.6. The minimum atomic E-state index is -3.34. The van der Waals surface area contributed by atoms with Crippen LogP contribution in [0.4, 0.5) is 11.4 Å². The van der Waals surface area contributed by atoms with Crippen molar-refractivity contribution in [3.05, 3.63) is 42.0 Å². The number of ether oxygens (including phenoxy) is 3. The van der Waals surface area contributed by atoms with Gasteiger partial charge in [-0.2, -0.15) is 0 Å². The standard InChI is InChI=1S/C19H22N2O6S/c1-25-15-9-8-13(21-10-5-11-28(21,23)24)12-14(15)20-19(22)18-16(26-2)6-4-7-17(18)27-3/h4,6-9,12H,5,10-11H2,1-3H3,(H,20,22). The first-order chi connectivity index (χ1) is 13.4. The lowest BCUT2D eigenvalue weighted by atomic mass is 10.1. The van der Waals surface area contributed by atoms with Gasteiger partial charge in [0.25, 0.3) is 5.91 Å². The van der Waals surface area contributed by atoms with Crippen molar-refractivity contribution in [2.24, 2.45) is 0 Å². The maximum atomic E-state index is 12.9. The zero-order valence-corrected chi connectivity index (χ0v) is 16.7. The topological polar surface area (TPSA) is 94.2 Å². The highest BCUT2D eigenvalue weighted by molar-refractivity contribution is 7.93. The van der Waals surface area contributed by atoms with Gasteiger partial charge in [0.2, 0.25) is 10.0 Å². The molecule has 1 aliphatic heterocycles. The predicted molar refractivity (Wildman–Crippen MR) is 106 cm³/mol. The highest BCUT2D eigenvalue weighted by Crippen LogP contribution is 2.35. The number of hydrogen-bond acceptors (Lipinski definition) is 6. The Bertz CT molecular complexity index is 968. The first-order valence-electron chi connectivity index (χ1n) is 8.62. The van der Waals surface area contributed by atoms with E-state index in [-0.39, 0.29) is 11.3 Å². The van der Waals surface area contributed by atoms with E-state index in [2.05, 4.69) is 5.32 Å². The smallest absolute Gasteiger partial charge is 0.263 e. The minimum absolute atomic E-state index is 0.110. The van der Waals surface area contributed by atoms with Crippen LogP contribution in [0.2, 0.25) is 0 Å². The summed E-state index contributed by atoms with van der Waals surface area (Å²) in [4.78, 5) is 12.9. The molecule has 150 valence electrons. The highest BCUT2D eigenvalue weighted by Gasteiger charge is 2.29. The molecule has 0 bridgehead atoms. The molecule has 28 heavy (non-hydrogen) atoms. The number of sulfonamides is 1. The van der Waals surface area contributed by atoms with Crippen molar-refractivity contribution in [1.29, 1.82) is 0 Å². The molecule has 1 amide bonds. The average molecular weight is 406 g/mol. The number of hydrogen-bond donors (Lipinski definition) is 1. The van der Waals surface area contributed by atoms with Crippen LogP contribution in [0.1, 0.15) is 16.8 Å². The second kappa shape index (κ2) is 7.97. The molecule has 2 aromatic rings. The van der Waals surface area contributed by atoms with Gasteiger partial charge >= 0.3 is 0 Å². The van der Waals surface area contributed by atoms with E-state index >= 15 is 0 Å². The van der Waals surface area contributed by atoms with Crippen molar-refractivity contribution in [3.8, 4) is 17.2 Å². The summed E-state index contributed by atoms with van der Waals surface area (Å²) in [6.07, 6.45) is 0.564. The number of nitrogens with one attached hydrogen (secondary N) is 1. The molecule has 0 atom stereocenters. The maximum Gasteiger partial charge on any atom is 0.263 e. The van der Waals surface area contributed by atoms with Gasteiger partial charge < -0.3 is 19.5 Å². The third-order valence-corrected chi connectivity index (χ3v) is 6.34. The van der Waals surface area contributed by atoms with Gasteiger partial charge in [0.1, 0.15) is 22.8 Å². The van der Waals surface area contributed by atoms with Crippen LogP contribution in [-0.4, -0.2) is 48.0 Å². The molecule has 0 unspecified atom stereocenters. The van der Waals surface area contributed by atoms with E-state index in [9.17, 15) is 13.2 Å². The monoisotopic (exact) mass is 406 g/mol. The van der Waals surface area contributed by atoms with Crippen LogP contribution in [0, 0.1) is 0 Å². The Labute approximate surface area is 164 Å². The quantitative estimate of drug-likeness (QED) is 0.792. The summed E-state index contributed by atoms with van der Waals surface area (Å²) >= 11 is 0. The molecule has 0 radical (unpaired) electrons. The summed E-state index contributed by atoms with van der Waals surface area (Å²) in [6, 6.07) is 9.89. The fraction of sp³-hybridized carbons (Fsp3) is 0.316. The van der Waals surface area contributed by atoms with E-state index in [1.807, 2.05) is 0 Å². The van der Waals surface area contributed by atoms with Gasteiger partial charge in [0.05, 0.1) is 38.5 Å². The summed E-state index contributed by atoms with van der Waals surface area (Å²) in [5.74, 6) is 0.763. The fourth-order valence-corrected chi connectivity index (χ4v) is 4.69. The number of benzene rings is 2.